The van der Waals surface area contributed by atoms with Crippen LogP contribution in [0.1, 0.15) is 40.1 Å². The molecule has 30 heavy (non-hydrogen) atoms. The van der Waals surface area contributed by atoms with Crippen LogP contribution >= 0.6 is 0 Å². The fourth-order valence-electron chi connectivity index (χ4n) is 3.92. The van der Waals surface area contributed by atoms with E-state index in [1.54, 1.807) is 13.2 Å². The molecule has 0 saturated heterocycles. The topological polar surface area (TPSA) is 35.8 Å². The van der Waals surface area contributed by atoms with E-state index in [2.05, 4.69) is 11.1 Å². The summed E-state index contributed by atoms with van der Waals surface area (Å²) in [7, 11) is 1.58. The zero-order valence-corrected chi connectivity index (χ0v) is 16.9. The molecule has 158 valence electrons. The molecule has 0 amide bonds. The number of hydrogen-bond acceptors (Lipinski definition) is 3. The Balaban J connectivity index is 1.81. The third-order valence-corrected chi connectivity index (χ3v) is 5.52. The second kappa shape index (κ2) is 8.24. The normalized spacial score (nSPS) is 14.9. The Bertz CT molecular complexity index is 1100. The molecule has 0 atom stereocenters. The van der Waals surface area contributed by atoms with Crippen LogP contribution in [-0.4, -0.2) is 29.7 Å². The lowest BCUT2D eigenvalue weighted by Gasteiger charge is -2.16. The van der Waals surface area contributed by atoms with Crippen molar-refractivity contribution in [2.45, 2.75) is 32.5 Å². The second-order valence-corrected chi connectivity index (χ2v) is 7.40. The molecule has 0 N–H and O–H groups in total. The number of imidazole rings is 1. The van der Waals surface area contributed by atoms with Gasteiger partial charge in [-0.15, -0.1) is 0 Å². The Morgan fingerprint density at radius 3 is 2.73 bits per heavy atom. The van der Waals surface area contributed by atoms with Crippen LogP contribution in [0.5, 0.6) is 0 Å². The number of aromatic nitrogens is 2. The molecule has 0 spiro atoms. The monoisotopic (exact) mass is 416 g/mol. The summed E-state index contributed by atoms with van der Waals surface area (Å²) in [4.78, 5) is 4.66. The Kier molecular flexibility index (Phi) is 5.66. The van der Waals surface area contributed by atoms with Gasteiger partial charge in [-0.1, -0.05) is 18.2 Å². The van der Waals surface area contributed by atoms with Crippen LogP contribution in [0.2, 0.25) is 0 Å². The van der Waals surface area contributed by atoms with E-state index in [9.17, 15) is 13.2 Å². The average Bonchev–Trinajstić information content (AvgIpc) is 3.06. The SMILES string of the molecule is COCc1nc2ccc(C3=CCOCC3)cn2c1Cc1cccc(C(F)(F)F)c1C. The van der Waals surface area contributed by atoms with Gasteiger partial charge in [0, 0.05) is 19.7 Å². The molecule has 1 aromatic carbocycles. The van der Waals surface area contributed by atoms with Crippen molar-refractivity contribution in [2.75, 3.05) is 20.3 Å². The van der Waals surface area contributed by atoms with Crippen molar-refractivity contribution in [1.29, 1.82) is 0 Å². The van der Waals surface area contributed by atoms with Crippen LogP contribution in [0, 0.1) is 6.92 Å². The molecular formula is C23H23F3N2O2. The van der Waals surface area contributed by atoms with Gasteiger partial charge in [-0.05, 0) is 53.8 Å². The van der Waals surface area contributed by atoms with Crippen LogP contribution in [0.4, 0.5) is 13.2 Å². The molecular weight excluding hydrogens is 393 g/mol. The van der Waals surface area contributed by atoms with E-state index in [1.165, 1.54) is 18.6 Å². The van der Waals surface area contributed by atoms with Crippen molar-refractivity contribution in [3.63, 3.8) is 0 Å². The zero-order chi connectivity index (χ0) is 21.3. The highest BCUT2D eigenvalue weighted by atomic mass is 19.4. The van der Waals surface area contributed by atoms with Crippen molar-refractivity contribution in [3.8, 4) is 0 Å². The molecule has 0 radical (unpaired) electrons. The van der Waals surface area contributed by atoms with E-state index >= 15 is 0 Å². The first-order valence-corrected chi connectivity index (χ1v) is 9.80. The molecule has 0 unspecified atom stereocenters. The summed E-state index contributed by atoms with van der Waals surface area (Å²) in [6.45, 7) is 3.08. The number of rotatable bonds is 5. The predicted molar refractivity (Wildman–Crippen MR) is 108 cm³/mol. The first-order chi connectivity index (χ1) is 14.4. The van der Waals surface area contributed by atoms with Gasteiger partial charge in [-0.2, -0.15) is 13.2 Å². The standard InChI is InChI=1S/C23H23F3N2O2/c1-15-17(4-3-5-19(15)23(24,25)26)12-21-20(14-29-2)27-22-7-6-18(13-28(21)22)16-8-10-30-11-9-16/h3-8,13H,9-12,14H2,1-2H3. The van der Waals surface area contributed by atoms with Crippen molar-refractivity contribution in [3.05, 3.63) is 76.2 Å². The molecule has 0 bridgehead atoms. The van der Waals surface area contributed by atoms with Gasteiger partial charge in [-0.25, -0.2) is 4.98 Å². The minimum absolute atomic E-state index is 0.242. The van der Waals surface area contributed by atoms with Crippen LogP contribution in [0.25, 0.3) is 11.2 Å². The van der Waals surface area contributed by atoms with Gasteiger partial charge in [0.15, 0.2) is 0 Å². The summed E-state index contributed by atoms with van der Waals surface area (Å²) in [5.74, 6) is 0. The summed E-state index contributed by atoms with van der Waals surface area (Å²) in [6, 6.07) is 8.29. The number of alkyl halides is 3. The van der Waals surface area contributed by atoms with Crippen molar-refractivity contribution < 1.29 is 22.6 Å². The Hall–Kier alpha value is -2.64. The van der Waals surface area contributed by atoms with Crippen molar-refractivity contribution in [2.24, 2.45) is 0 Å². The summed E-state index contributed by atoms with van der Waals surface area (Å²) in [5.41, 5.74) is 4.84. The van der Waals surface area contributed by atoms with E-state index in [0.29, 0.717) is 31.8 Å². The highest BCUT2D eigenvalue weighted by molar-refractivity contribution is 5.67. The quantitative estimate of drug-likeness (QED) is 0.573. The molecule has 3 aromatic rings. The molecule has 1 aliphatic rings. The molecule has 3 heterocycles. The Morgan fingerprint density at radius 2 is 2.03 bits per heavy atom. The maximum atomic E-state index is 13.4. The third-order valence-electron chi connectivity index (χ3n) is 5.52. The molecule has 0 saturated carbocycles. The molecule has 1 aliphatic heterocycles. The Labute approximate surface area is 173 Å². The molecule has 0 aliphatic carbocycles. The number of halogens is 3. The number of hydrogen-bond donors (Lipinski definition) is 0. The van der Waals surface area contributed by atoms with Crippen LogP contribution in [0.15, 0.2) is 42.6 Å². The van der Waals surface area contributed by atoms with Crippen molar-refractivity contribution >= 4 is 11.2 Å². The molecule has 2 aromatic heterocycles. The highest BCUT2D eigenvalue weighted by Crippen LogP contribution is 2.34. The van der Waals surface area contributed by atoms with E-state index in [4.69, 9.17) is 9.47 Å². The van der Waals surface area contributed by atoms with Gasteiger partial charge >= 0.3 is 6.18 Å². The van der Waals surface area contributed by atoms with Crippen molar-refractivity contribution in [1.82, 2.24) is 9.38 Å². The smallest absolute Gasteiger partial charge is 0.378 e. The third kappa shape index (κ3) is 4.00. The molecule has 4 rings (SSSR count). The lowest BCUT2D eigenvalue weighted by atomic mass is 9.98. The van der Waals surface area contributed by atoms with Gasteiger partial charge in [0.2, 0.25) is 0 Å². The number of fused-ring (bicyclic) bond motifs is 1. The van der Waals surface area contributed by atoms with Crippen LogP contribution in [0.3, 0.4) is 0 Å². The fourth-order valence-corrected chi connectivity index (χ4v) is 3.92. The van der Waals surface area contributed by atoms with E-state index < -0.39 is 11.7 Å². The summed E-state index contributed by atoms with van der Waals surface area (Å²) < 4.78 is 52.8. The van der Waals surface area contributed by atoms with E-state index in [1.807, 2.05) is 22.7 Å². The largest absolute Gasteiger partial charge is 0.416 e. The predicted octanol–water partition coefficient (Wildman–Crippen LogP) is 5.20. The van der Waals surface area contributed by atoms with Gasteiger partial charge in [-0.3, -0.25) is 0 Å². The molecule has 0 fully saturated rings. The molecule has 7 heteroatoms. The van der Waals surface area contributed by atoms with Gasteiger partial charge in [0.05, 0.1) is 36.8 Å². The highest BCUT2D eigenvalue weighted by Gasteiger charge is 2.33. The second-order valence-electron chi connectivity index (χ2n) is 7.40. The van der Waals surface area contributed by atoms with E-state index in [0.717, 1.165) is 35.1 Å². The summed E-state index contributed by atoms with van der Waals surface area (Å²) >= 11 is 0. The first kappa shape index (κ1) is 20.6. The Morgan fingerprint density at radius 1 is 1.20 bits per heavy atom. The number of benzene rings is 1. The minimum atomic E-state index is -4.38. The number of methoxy groups -OCH3 is 1. The van der Waals surface area contributed by atoms with Crippen LogP contribution < -0.4 is 0 Å². The average molecular weight is 416 g/mol. The molecule has 4 nitrogen and oxygen atoms in total. The lowest BCUT2D eigenvalue weighted by molar-refractivity contribution is -0.138. The minimum Gasteiger partial charge on any atom is -0.378 e. The maximum absolute atomic E-state index is 13.4. The van der Waals surface area contributed by atoms with Gasteiger partial charge in [0.1, 0.15) is 5.65 Å². The van der Waals surface area contributed by atoms with Crippen LogP contribution in [-0.2, 0) is 28.7 Å². The zero-order valence-electron chi connectivity index (χ0n) is 16.9. The lowest BCUT2D eigenvalue weighted by Crippen LogP contribution is -2.10. The van der Waals surface area contributed by atoms with E-state index in [-0.39, 0.29) is 5.56 Å². The maximum Gasteiger partial charge on any atom is 0.416 e. The number of ether oxygens (including phenoxy) is 2. The number of pyridine rings is 1. The first-order valence-electron chi connectivity index (χ1n) is 9.80. The van der Waals surface area contributed by atoms with Gasteiger partial charge in [0.25, 0.3) is 0 Å². The summed E-state index contributed by atoms with van der Waals surface area (Å²) in [5, 5.41) is 0. The number of nitrogens with zero attached hydrogens (tertiary/aromatic N) is 2. The van der Waals surface area contributed by atoms with Gasteiger partial charge < -0.3 is 13.9 Å². The fraction of sp³-hybridized carbons (Fsp3) is 0.348. The summed E-state index contributed by atoms with van der Waals surface area (Å²) in [6.07, 6.45) is 0.858.